The van der Waals surface area contributed by atoms with Crippen LogP contribution in [0.3, 0.4) is 0 Å². The predicted molar refractivity (Wildman–Crippen MR) is 120 cm³/mol. The number of carbonyl (C=O) groups is 2. The number of amides is 2. The Bertz CT molecular complexity index is 901. The minimum atomic E-state index is -0.0206. The van der Waals surface area contributed by atoms with Gasteiger partial charge >= 0.3 is 0 Å². The summed E-state index contributed by atoms with van der Waals surface area (Å²) in [6.07, 6.45) is 4.71. The average molecular weight is 406 g/mol. The Labute approximate surface area is 179 Å². The first-order valence-corrected chi connectivity index (χ1v) is 11.0. The average Bonchev–Trinajstić information content (AvgIpc) is 3.45. The number of likely N-dealkylation sites (tertiary alicyclic amines) is 2. The summed E-state index contributed by atoms with van der Waals surface area (Å²) in [4.78, 5) is 31.9. The van der Waals surface area contributed by atoms with Crippen LogP contribution in [0, 0.1) is 0 Å². The number of rotatable bonds is 5. The molecule has 2 aromatic carbocycles. The van der Waals surface area contributed by atoms with Crippen LogP contribution in [0.5, 0.6) is 0 Å². The lowest BCUT2D eigenvalue weighted by molar-refractivity contribution is 0.0709. The fraction of sp³-hybridized carbons (Fsp3) is 0.440. The molecule has 5 heteroatoms. The maximum Gasteiger partial charge on any atom is 0.254 e. The molecule has 30 heavy (non-hydrogen) atoms. The lowest BCUT2D eigenvalue weighted by Crippen LogP contribution is -2.42. The first-order valence-electron chi connectivity index (χ1n) is 11.0. The topological polar surface area (TPSA) is 43.9 Å². The van der Waals surface area contributed by atoms with Crippen molar-refractivity contribution in [3.63, 3.8) is 0 Å². The van der Waals surface area contributed by atoms with Crippen LogP contribution in [0.2, 0.25) is 0 Å². The summed E-state index contributed by atoms with van der Waals surface area (Å²) in [6.45, 7) is 4.15. The van der Waals surface area contributed by atoms with E-state index in [0.717, 1.165) is 55.7 Å². The normalized spacial score (nSPS) is 19.3. The van der Waals surface area contributed by atoms with Crippen molar-refractivity contribution in [2.24, 2.45) is 0 Å². The lowest BCUT2D eigenvalue weighted by atomic mass is 9.97. The quantitative estimate of drug-likeness (QED) is 0.761. The summed E-state index contributed by atoms with van der Waals surface area (Å²) < 4.78 is 0. The van der Waals surface area contributed by atoms with Gasteiger partial charge in [-0.15, -0.1) is 0 Å². The third kappa shape index (κ3) is 4.26. The smallest absolute Gasteiger partial charge is 0.254 e. The molecule has 2 aromatic rings. The summed E-state index contributed by atoms with van der Waals surface area (Å²) in [6, 6.07) is 15.7. The highest BCUT2D eigenvalue weighted by molar-refractivity contribution is 6.01. The molecule has 4 rings (SSSR count). The maximum atomic E-state index is 13.5. The van der Waals surface area contributed by atoms with Gasteiger partial charge in [0.25, 0.3) is 11.8 Å². The number of hydrogen-bond donors (Lipinski definition) is 0. The molecule has 5 nitrogen and oxygen atoms in total. The molecule has 0 aromatic heterocycles. The van der Waals surface area contributed by atoms with Crippen LogP contribution < -0.4 is 0 Å². The molecule has 0 radical (unpaired) electrons. The number of nitrogens with zero attached hydrogens (tertiary/aromatic N) is 3. The highest BCUT2D eigenvalue weighted by atomic mass is 16.2. The molecule has 2 fully saturated rings. The molecule has 0 saturated carbocycles. The molecule has 2 aliphatic rings. The second kappa shape index (κ2) is 9.00. The lowest BCUT2D eigenvalue weighted by Gasteiger charge is -2.29. The Morgan fingerprint density at radius 1 is 0.933 bits per heavy atom. The molecular weight excluding hydrogens is 374 g/mol. The van der Waals surface area contributed by atoms with Crippen molar-refractivity contribution in [2.75, 3.05) is 40.3 Å². The Morgan fingerprint density at radius 3 is 2.33 bits per heavy atom. The van der Waals surface area contributed by atoms with Crippen LogP contribution in [-0.4, -0.2) is 72.8 Å². The molecule has 0 spiro atoms. The summed E-state index contributed by atoms with van der Waals surface area (Å²) in [5.41, 5.74) is 3.29. The zero-order chi connectivity index (χ0) is 21.1. The van der Waals surface area contributed by atoms with Crippen molar-refractivity contribution in [1.29, 1.82) is 0 Å². The Balaban J connectivity index is 1.56. The van der Waals surface area contributed by atoms with E-state index >= 15 is 0 Å². The van der Waals surface area contributed by atoms with E-state index in [-0.39, 0.29) is 11.8 Å². The first kappa shape index (κ1) is 20.6. The van der Waals surface area contributed by atoms with Gasteiger partial charge in [0.05, 0.1) is 0 Å². The molecule has 1 atom stereocenters. The van der Waals surface area contributed by atoms with Crippen molar-refractivity contribution >= 4 is 11.8 Å². The van der Waals surface area contributed by atoms with Crippen molar-refractivity contribution in [1.82, 2.24) is 14.7 Å². The Morgan fingerprint density at radius 2 is 1.63 bits per heavy atom. The largest absolute Gasteiger partial charge is 0.345 e. The SMILES string of the molecule is CN(C)C(=O)c1ccc(-c2ccccc2C(=O)N2CCC[C@H]2CN2CCCC2)cc1. The molecule has 158 valence electrons. The van der Waals surface area contributed by atoms with Crippen molar-refractivity contribution in [3.8, 4) is 11.1 Å². The van der Waals surface area contributed by atoms with E-state index in [1.54, 1.807) is 19.0 Å². The molecule has 2 aliphatic heterocycles. The van der Waals surface area contributed by atoms with Crippen LogP contribution in [-0.2, 0) is 0 Å². The predicted octanol–water partition coefficient (Wildman–Crippen LogP) is 3.76. The van der Waals surface area contributed by atoms with Crippen LogP contribution >= 0.6 is 0 Å². The van der Waals surface area contributed by atoms with E-state index in [2.05, 4.69) is 9.80 Å². The maximum absolute atomic E-state index is 13.5. The second-order valence-electron chi connectivity index (χ2n) is 8.62. The molecule has 0 bridgehead atoms. The third-order valence-electron chi connectivity index (χ3n) is 6.31. The summed E-state index contributed by atoms with van der Waals surface area (Å²) in [7, 11) is 3.50. The van der Waals surface area contributed by atoms with Gasteiger partial charge in [0.2, 0.25) is 0 Å². The van der Waals surface area contributed by atoms with Gasteiger partial charge in [-0.05, 0) is 68.1 Å². The number of hydrogen-bond acceptors (Lipinski definition) is 3. The van der Waals surface area contributed by atoms with Gasteiger partial charge in [-0.2, -0.15) is 0 Å². The molecule has 0 aliphatic carbocycles. The van der Waals surface area contributed by atoms with Crippen molar-refractivity contribution in [3.05, 3.63) is 59.7 Å². The van der Waals surface area contributed by atoms with Gasteiger partial charge in [0, 0.05) is 44.4 Å². The van der Waals surface area contributed by atoms with Crippen LogP contribution in [0.1, 0.15) is 46.4 Å². The fourth-order valence-electron chi connectivity index (χ4n) is 4.68. The molecule has 0 unspecified atom stereocenters. The van der Waals surface area contributed by atoms with Gasteiger partial charge in [-0.1, -0.05) is 30.3 Å². The third-order valence-corrected chi connectivity index (χ3v) is 6.31. The van der Waals surface area contributed by atoms with Crippen molar-refractivity contribution in [2.45, 2.75) is 31.7 Å². The van der Waals surface area contributed by atoms with E-state index in [9.17, 15) is 9.59 Å². The molecule has 2 heterocycles. The standard InChI is InChI=1S/C25H31N3O2/c1-26(2)24(29)20-13-11-19(12-14-20)22-9-3-4-10-23(22)25(30)28-17-7-8-21(28)18-27-15-5-6-16-27/h3-4,9-14,21H,5-8,15-18H2,1-2H3/t21-/m0/s1. The summed E-state index contributed by atoms with van der Waals surface area (Å²) in [5, 5.41) is 0. The van der Waals surface area contributed by atoms with Crippen LogP contribution in [0.4, 0.5) is 0 Å². The zero-order valence-electron chi connectivity index (χ0n) is 18.0. The van der Waals surface area contributed by atoms with E-state index in [0.29, 0.717) is 11.6 Å². The van der Waals surface area contributed by atoms with Gasteiger partial charge in [0.1, 0.15) is 0 Å². The highest BCUT2D eigenvalue weighted by Gasteiger charge is 2.32. The fourth-order valence-corrected chi connectivity index (χ4v) is 4.68. The molecule has 2 saturated heterocycles. The van der Waals surface area contributed by atoms with Gasteiger partial charge in [0.15, 0.2) is 0 Å². The number of benzene rings is 2. The zero-order valence-corrected chi connectivity index (χ0v) is 18.0. The summed E-state index contributed by atoms with van der Waals surface area (Å²) >= 11 is 0. The molecule has 2 amide bonds. The summed E-state index contributed by atoms with van der Waals surface area (Å²) in [5.74, 6) is 0.105. The first-order chi connectivity index (χ1) is 14.5. The van der Waals surface area contributed by atoms with E-state index in [1.807, 2.05) is 48.5 Å². The van der Waals surface area contributed by atoms with Crippen LogP contribution in [0.25, 0.3) is 11.1 Å². The monoisotopic (exact) mass is 405 g/mol. The van der Waals surface area contributed by atoms with E-state index in [4.69, 9.17) is 0 Å². The van der Waals surface area contributed by atoms with E-state index < -0.39 is 0 Å². The van der Waals surface area contributed by atoms with Gasteiger partial charge in [-0.25, -0.2) is 0 Å². The molecule has 0 N–H and O–H groups in total. The Hall–Kier alpha value is -2.66. The van der Waals surface area contributed by atoms with Crippen LogP contribution in [0.15, 0.2) is 48.5 Å². The minimum Gasteiger partial charge on any atom is -0.345 e. The number of carbonyl (C=O) groups excluding carboxylic acids is 2. The van der Waals surface area contributed by atoms with Gasteiger partial charge in [-0.3, -0.25) is 9.59 Å². The minimum absolute atomic E-state index is 0.0206. The van der Waals surface area contributed by atoms with Crippen molar-refractivity contribution < 1.29 is 9.59 Å². The Kier molecular flexibility index (Phi) is 6.18. The van der Waals surface area contributed by atoms with Gasteiger partial charge < -0.3 is 14.7 Å². The second-order valence-corrected chi connectivity index (χ2v) is 8.62. The highest BCUT2D eigenvalue weighted by Crippen LogP contribution is 2.29. The molecular formula is C25H31N3O2. The van der Waals surface area contributed by atoms with E-state index in [1.165, 1.54) is 12.8 Å².